The zero-order valence-electron chi connectivity index (χ0n) is 6.28. The third-order valence-corrected chi connectivity index (χ3v) is 0. The van der Waals surface area contributed by atoms with Gasteiger partial charge in [0.2, 0.25) is 0 Å². The number of hydrogen-bond acceptors (Lipinski definition) is 8. The van der Waals surface area contributed by atoms with Crippen LogP contribution in [-0.2, 0) is 9.13 Å². The van der Waals surface area contributed by atoms with Crippen molar-refractivity contribution in [1.29, 1.82) is 0 Å². The first-order valence-electron chi connectivity index (χ1n) is 1.46. The zero-order chi connectivity index (χ0) is 9.00. The first-order chi connectivity index (χ1) is 4.00. The van der Waals surface area contributed by atoms with Gasteiger partial charge in [0.25, 0.3) is 0 Å². The van der Waals surface area contributed by atoms with Crippen LogP contribution < -0.4 is 29.4 Å². The van der Waals surface area contributed by atoms with Gasteiger partial charge in [-0.15, -0.1) is 0 Å². The second-order valence-electron chi connectivity index (χ2n) is 0.894. The van der Waals surface area contributed by atoms with Gasteiger partial charge in [-0.25, -0.2) is 0 Å². The molecule has 0 N–H and O–H groups in total. The van der Waals surface area contributed by atoms with E-state index in [1.807, 2.05) is 0 Å². The van der Waals surface area contributed by atoms with Crippen LogP contribution in [0.5, 0.6) is 0 Å². The standard InChI is InChI=1S/3Ca.2H3O4P.H4Si/c;;;2*1-5(2,3)4;/h;;;2*(H3,1,2,3,4);1H4/q3*+2;;;/p-6. The van der Waals surface area contributed by atoms with Gasteiger partial charge in [-0.1, -0.05) is 0 Å². The molecule has 0 spiro atoms. The van der Waals surface area contributed by atoms with E-state index in [0.29, 0.717) is 0 Å². The molecule has 0 fully saturated rings. The summed E-state index contributed by atoms with van der Waals surface area (Å²) in [5, 5.41) is 0. The molecule has 0 aliphatic carbocycles. The first kappa shape index (κ1) is 36.2. The second-order valence-corrected chi connectivity index (χ2v) is 2.68. The Morgan fingerprint density at radius 3 is 0.571 bits per heavy atom. The summed E-state index contributed by atoms with van der Waals surface area (Å²) in [5.74, 6) is 0. The Morgan fingerprint density at radius 2 is 0.571 bits per heavy atom. The molecule has 0 aromatic carbocycles. The molecule has 0 atom stereocenters. The Hall–Kier alpha value is 4.22. The molecule has 0 aromatic rings. The molecule has 0 heterocycles. The van der Waals surface area contributed by atoms with Crippen LogP contribution in [0, 0.1) is 0 Å². The molecule has 0 aromatic heterocycles. The quantitative estimate of drug-likeness (QED) is 0.308. The van der Waals surface area contributed by atoms with Crippen LogP contribution in [0.4, 0.5) is 0 Å². The molecule has 0 amide bonds. The molecule has 0 saturated heterocycles. The van der Waals surface area contributed by atoms with Gasteiger partial charge in [-0.3, -0.25) is 0 Å². The molecular weight excluding hydrogens is 338 g/mol. The fourth-order valence-electron chi connectivity index (χ4n) is 0. The van der Waals surface area contributed by atoms with Gasteiger partial charge >= 0.3 is 113 Å². The van der Waals surface area contributed by atoms with Gasteiger partial charge in [-0.2, -0.15) is 15.6 Å². The van der Waals surface area contributed by atoms with E-state index in [1.165, 1.54) is 0 Å². The molecule has 0 saturated carbocycles. The van der Waals surface area contributed by atoms with Gasteiger partial charge in [0.15, 0.2) is 0 Å². The summed E-state index contributed by atoms with van der Waals surface area (Å²) in [7, 11) is -10.8. The van der Waals surface area contributed by atoms with Crippen molar-refractivity contribution in [2.45, 2.75) is 0 Å². The summed E-state index contributed by atoms with van der Waals surface area (Å²) >= 11 is 0. The molecule has 0 rings (SSSR count). The third kappa shape index (κ3) is 211. The van der Waals surface area contributed by atoms with Crippen LogP contribution >= 0.6 is 15.6 Å². The summed E-state index contributed by atoms with van der Waals surface area (Å²) in [6.45, 7) is 0. The van der Waals surface area contributed by atoms with E-state index in [-0.39, 0.29) is 124 Å². The Morgan fingerprint density at radius 1 is 0.571 bits per heavy atom. The van der Waals surface area contributed by atoms with Crippen molar-refractivity contribution in [2.75, 3.05) is 0 Å². The van der Waals surface area contributed by atoms with Gasteiger partial charge in [-0.05, 0) is 11.0 Å². The summed E-state index contributed by atoms with van der Waals surface area (Å²) < 4.78 is 17.1. The molecular formula is H4Ca3O8P2Si. The fourth-order valence-corrected chi connectivity index (χ4v) is 0. The monoisotopic (exact) mass is 342 g/mol. The molecule has 8 nitrogen and oxygen atoms in total. The van der Waals surface area contributed by atoms with Crippen molar-refractivity contribution in [3.05, 3.63) is 0 Å². The molecule has 14 heteroatoms. The molecule has 0 unspecified atom stereocenters. The molecule has 0 aliphatic heterocycles. The van der Waals surface area contributed by atoms with E-state index < -0.39 is 15.6 Å². The molecule has 72 valence electrons. The van der Waals surface area contributed by atoms with E-state index >= 15 is 0 Å². The minimum atomic E-state index is -5.39. The average molecular weight is 342 g/mol. The SMILES string of the molecule is O=P([O-])([O-])[O-].O=P([O-])([O-])[O-].[Ca+2].[Ca+2].[Ca+2].[SiH4]. The van der Waals surface area contributed by atoms with E-state index in [2.05, 4.69) is 0 Å². The number of rotatable bonds is 0. The van der Waals surface area contributed by atoms with E-state index in [0.717, 1.165) is 0 Å². The van der Waals surface area contributed by atoms with Crippen molar-refractivity contribution in [1.82, 2.24) is 0 Å². The van der Waals surface area contributed by atoms with Crippen molar-refractivity contribution in [2.24, 2.45) is 0 Å². The maximum absolute atomic E-state index is 8.55. The zero-order valence-corrected chi connectivity index (χ0v) is 14.7. The van der Waals surface area contributed by atoms with Crippen LogP contribution in [-0.4, -0.2) is 124 Å². The minimum Gasteiger partial charge on any atom is -0.822 e. The predicted octanol–water partition coefficient (Wildman–Crippen LogP) is -8.24. The molecule has 0 bridgehead atoms. The summed E-state index contributed by atoms with van der Waals surface area (Å²) in [6.07, 6.45) is 0. The third-order valence-electron chi connectivity index (χ3n) is 0. The normalized spacial score (nSPS) is 8.43. The van der Waals surface area contributed by atoms with Crippen LogP contribution in [0.15, 0.2) is 0 Å². The predicted molar refractivity (Wildman–Crippen MR) is 43.8 cm³/mol. The topological polar surface area (TPSA) is 172 Å². The largest absolute Gasteiger partial charge is 2.00 e. The minimum absolute atomic E-state index is 0. The average Bonchev–Trinajstić information content (AvgIpc) is 1.12. The summed E-state index contributed by atoms with van der Waals surface area (Å²) in [4.78, 5) is 51.3. The van der Waals surface area contributed by atoms with Crippen molar-refractivity contribution < 1.29 is 38.5 Å². The van der Waals surface area contributed by atoms with Crippen LogP contribution in [0.1, 0.15) is 0 Å². The fraction of sp³-hybridized carbons (Fsp3) is 0. The molecule has 14 heavy (non-hydrogen) atoms. The van der Waals surface area contributed by atoms with Crippen molar-refractivity contribution in [3.63, 3.8) is 0 Å². The van der Waals surface area contributed by atoms with E-state index in [4.69, 9.17) is 38.5 Å². The molecule has 0 radical (unpaired) electrons. The Balaban J connectivity index is -0.0000000178. The van der Waals surface area contributed by atoms with Crippen LogP contribution in [0.25, 0.3) is 0 Å². The van der Waals surface area contributed by atoms with Gasteiger partial charge < -0.3 is 38.5 Å². The van der Waals surface area contributed by atoms with Crippen molar-refractivity contribution >= 4 is 140 Å². The summed E-state index contributed by atoms with van der Waals surface area (Å²) in [5.41, 5.74) is 0. The van der Waals surface area contributed by atoms with Crippen molar-refractivity contribution in [3.8, 4) is 0 Å². The van der Waals surface area contributed by atoms with E-state index in [9.17, 15) is 0 Å². The van der Waals surface area contributed by atoms with Crippen LogP contribution in [0.3, 0.4) is 0 Å². The Kier molecular flexibility index (Phi) is 44.5. The van der Waals surface area contributed by atoms with Gasteiger partial charge in [0, 0.05) is 0 Å². The van der Waals surface area contributed by atoms with Gasteiger partial charge in [0.05, 0.1) is 0 Å². The van der Waals surface area contributed by atoms with Gasteiger partial charge in [0.1, 0.15) is 0 Å². The Labute approximate surface area is 174 Å². The first-order valence-corrected chi connectivity index (χ1v) is 4.38. The maximum atomic E-state index is 8.55. The smallest absolute Gasteiger partial charge is 0.822 e. The molecule has 0 aliphatic rings. The number of phosphoric acid groups is 2. The maximum Gasteiger partial charge on any atom is 2.00 e. The van der Waals surface area contributed by atoms with E-state index in [1.54, 1.807) is 0 Å². The Bertz CT molecular complexity index is 135. The second kappa shape index (κ2) is 17.2. The number of hydrogen-bond donors (Lipinski definition) is 0. The summed E-state index contributed by atoms with van der Waals surface area (Å²) in [6, 6.07) is 0. The van der Waals surface area contributed by atoms with Crippen LogP contribution in [0.2, 0.25) is 0 Å².